The Balaban J connectivity index is -0.000000375. The summed E-state index contributed by atoms with van der Waals surface area (Å²) in [4.78, 5) is 33.2. The first-order valence-corrected chi connectivity index (χ1v) is 4.66. The molecule has 0 aromatic heterocycles. The molecule has 3 unspecified atom stereocenters. The molecule has 0 aliphatic carbocycles. The summed E-state index contributed by atoms with van der Waals surface area (Å²) in [7, 11) is 0. The van der Waals surface area contributed by atoms with Gasteiger partial charge in [0.25, 0.3) is 0 Å². The molecule has 12 N–H and O–H groups in total. The second-order valence-electron chi connectivity index (χ2n) is 3.49. The lowest BCUT2D eigenvalue weighted by atomic mass is 10.1. The summed E-state index contributed by atoms with van der Waals surface area (Å²) in [6.45, 7) is 3.75. The predicted octanol–water partition coefficient (Wildman–Crippen LogP) is 0.194. The Morgan fingerprint density at radius 2 is 0.842 bits per heavy atom. The fourth-order valence-corrected chi connectivity index (χ4v) is 1.39. The van der Waals surface area contributed by atoms with Gasteiger partial charge in [-0.05, 0) is 20.8 Å². The molecule has 0 saturated heterocycles. The highest BCUT2D eigenvalue weighted by atomic mass is 16.4. The van der Waals surface area contributed by atoms with Gasteiger partial charge in [-0.3, -0.25) is 19.3 Å². The van der Waals surface area contributed by atoms with Crippen molar-refractivity contribution in [1.82, 2.24) is 23.4 Å². The summed E-state index contributed by atoms with van der Waals surface area (Å²) in [6.07, 6.45) is 0. The molecule has 0 aromatic carbocycles. The van der Waals surface area contributed by atoms with Crippen molar-refractivity contribution in [3.8, 4) is 0 Å². The molecule has 0 aliphatic heterocycles. The normalized spacial score (nSPS) is 13.9. The van der Waals surface area contributed by atoms with Gasteiger partial charge in [-0.2, -0.15) is 0 Å². The van der Waals surface area contributed by atoms with Crippen molar-refractivity contribution in [2.45, 2.75) is 38.9 Å². The first-order chi connectivity index (χ1) is 7.20. The average molecular weight is 284 g/mol. The van der Waals surface area contributed by atoms with Crippen molar-refractivity contribution in [2.24, 2.45) is 0 Å². The molecule has 0 bridgehead atoms. The molecule has 0 amide bonds. The van der Waals surface area contributed by atoms with Crippen LogP contribution >= 0.6 is 0 Å². The molecule has 0 fully saturated rings. The summed E-state index contributed by atoms with van der Waals surface area (Å²) < 4.78 is 0. The Hall–Kier alpha value is -1.75. The SMILES string of the molecule is CC(C(=O)O)N(C(C)C(=O)O)C(C)C(=O)O.N.N.N. The van der Waals surface area contributed by atoms with Gasteiger partial charge in [-0.25, -0.2) is 0 Å². The van der Waals surface area contributed by atoms with E-state index in [1.165, 1.54) is 20.8 Å². The lowest BCUT2D eigenvalue weighted by Gasteiger charge is -2.32. The Morgan fingerprint density at radius 1 is 0.684 bits per heavy atom. The fraction of sp³-hybridized carbons (Fsp3) is 0.667. The van der Waals surface area contributed by atoms with Crippen LogP contribution in [0.3, 0.4) is 0 Å². The third-order valence-corrected chi connectivity index (χ3v) is 2.41. The highest BCUT2D eigenvalue weighted by Crippen LogP contribution is 2.12. The van der Waals surface area contributed by atoms with E-state index in [0.29, 0.717) is 0 Å². The van der Waals surface area contributed by atoms with Crippen molar-refractivity contribution in [2.75, 3.05) is 0 Å². The smallest absolute Gasteiger partial charge is 0.320 e. The minimum absolute atomic E-state index is 0. The number of carbonyl (C=O) groups is 3. The van der Waals surface area contributed by atoms with E-state index in [4.69, 9.17) is 15.3 Å². The standard InChI is InChI=1S/C9H15NO6.3H3N/c1-4(7(11)12)10(5(2)8(13)14)6(3)9(15)16;;;/h4-6H,1-3H3,(H,11,12)(H,13,14)(H,15,16);3*1H3. The Bertz CT molecular complexity index is 264. The molecule has 0 rings (SSSR count). The van der Waals surface area contributed by atoms with E-state index in [0.717, 1.165) is 4.90 Å². The van der Waals surface area contributed by atoms with Crippen molar-refractivity contribution in [3.63, 3.8) is 0 Å². The molecule has 0 aliphatic rings. The van der Waals surface area contributed by atoms with E-state index < -0.39 is 36.0 Å². The van der Waals surface area contributed by atoms with Crippen molar-refractivity contribution in [1.29, 1.82) is 0 Å². The van der Waals surface area contributed by atoms with Gasteiger partial charge in [0, 0.05) is 0 Å². The fourth-order valence-electron chi connectivity index (χ4n) is 1.39. The summed E-state index contributed by atoms with van der Waals surface area (Å²) in [5, 5.41) is 26.4. The van der Waals surface area contributed by atoms with Crippen LogP contribution in [0.15, 0.2) is 0 Å². The maximum absolute atomic E-state index is 10.8. The molecule has 0 saturated carbocycles. The minimum atomic E-state index is -1.26. The van der Waals surface area contributed by atoms with Crippen LogP contribution in [0, 0.1) is 0 Å². The van der Waals surface area contributed by atoms with Crippen LogP contribution in [0.25, 0.3) is 0 Å². The highest BCUT2D eigenvalue weighted by Gasteiger charge is 2.36. The van der Waals surface area contributed by atoms with Gasteiger partial charge in [0.15, 0.2) is 0 Å². The first-order valence-electron chi connectivity index (χ1n) is 4.66. The summed E-state index contributed by atoms with van der Waals surface area (Å²) in [5.41, 5.74) is 0. The quantitative estimate of drug-likeness (QED) is 0.388. The van der Waals surface area contributed by atoms with Gasteiger partial charge >= 0.3 is 17.9 Å². The molecule has 3 atom stereocenters. The summed E-state index contributed by atoms with van der Waals surface area (Å²) in [5.74, 6) is -3.79. The van der Waals surface area contributed by atoms with Crippen molar-refractivity contribution in [3.05, 3.63) is 0 Å². The van der Waals surface area contributed by atoms with Crippen molar-refractivity contribution >= 4 is 17.9 Å². The zero-order chi connectivity index (χ0) is 13.0. The van der Waals surface area contributed by atoms with Crippen molar-refractivity contribution < 1.29 is 29.7 Å². The summed E-state index contributed by atoms with van der Waals surface area (Å²) >= 11 is 0. The number of carboxylic acid groups (broad SMARTS) is 3. The average Bonchev–Trinajstić information content (AvgIpc) is 2.16. The summed E-state index contributed by atoms with van der Waals surface area (Å²) in [6, 6.07) is -3.55. The van der Waals surface area contributed by atoms with E-state index in [-0.39, 0.29) is 18.5 Å². The maximum atomic E-state index is 10.8. The Labute approximate surface area is 111 Å². The molecule has 0 aromatic rings. The van der Waals surface area contributed by atoms with E-state index in [1.54, 1.807) is 0 Å². The molecular formula is C9H24N4O6. The number of carboxylic acids is 3. The highest BCUT2D eigenvalue weighted by molar-refractivity contribution is 5.80. The third kappa shape index (κ3) is 6.67. The molecular weight excluding hydrogens is 260 g/mol. The van der Waals surface area contributed by atoms with Crippen LogP contribution in [-0.2, 0) is 14.4 Å². The number of hydrogen-bond acceptors (Lipinski definition) is 7. The monoisotopic (exact) mass is 284 g/mol. The lowest BCUT2D eigenvalue weighted by Crippen LogP contribution is -2.54. The van der Waals surface area contributed by atoms with Gasteiger partial charge < -0.3 is 33.8 Å². The Morgan fingerprint density at radius 3 is 0.947 bits per heavy atom. The topological polar surface area (TPSA) is 220 Å². The van der Waals surface area contributed by atoms with Gasteiger partial charge in [-0.15, -0.1) is 0 Å². The molecule has 19 heavy (non-hydrogen) atoms. The van der Waals surface area contributed by atoms with Gasteiger partial charge in [0.1, 0.15) is 18.1 Å². The van der Waals surface area contributed by atoms with E-state index in [1.807, 2.05) is 0 Å². The third-order valence-electron chi connectivity index (χ3n) is 2.41. The van der Waals surface area contributed by atoms with Crippen LogP contribution in [0.4, 0.5) is 0 Å². The van der Waals surface area contributed by atoms with Gasteiger partial charge in [-0.1, -0.05) is 0 Å². The largest absolute Gasteiger partial charge is 0.480 e. The van der Waals surface area contributed by atoms with E-state index in [9.17, 15) is 14.4 Å². The van der Waals surface area contributed by atoms with Crippen LogP contribution in [0.5, 0.6) is 0 Å². The second kappa shape index (κ2) is 10.2. The first kappa shape index (κ1) is 25.9. The molecule has 0 spiro atoms. The number of rotatable bonds is 6. The van der Waals surface area contributed by atoms with Crippen LogP contribution in [0.2, 0.25) is 0 Å². The molecule has 0 radical (unpaired) electrons. The Kier molecular flexibility index (Phi) is 13.9. The number of hydrogen-bond donors (Lipinski definition) is 6. The molecule has 0 heterocycles. The van der Waals surface area contributed by atoms with Gasteiger partial charge in [0.2, 0.25) is 0 Å². The predicted molar refractivity (Wildman–Crippen MR) is 68.2 cm³/mol. The molecule has 116 valence electrons. The molecule has 10 nitrogen and oxygen atoms in total. The number of nitrogens with zero attached hydrogens (tertiary/aromatic N) is 1. The van der Waals surface area contributed by atoms with E-state index in [2.05, 4.69) is 0 Å². The second-order valence-corrected chi connectivity index (χ2v) is 3.49. The maximum Gasteiger partial charge on any atom is 0.320 e. The van der Waals surface area contributed by atoms with Crippen LogP contribution in [-0.4, -0.2) is 56.3 Å². The van der Waals surface area contributed by atoms with E-state index >= 15 is 0 Å². The zero-order valence-electron chi connectivity index (χ0n) is 11.4. The van der Waals surface area contributed by atoms with Crippen LogP contribution in [0.1, 0.15) is 20.8 Å². The zero-order valence-corrected chi connectivity index (χ0v) is 11.4. The minimum Gasteiger partial charge on any atom is -0.480 e. The lowest BCUT2D eigenvalue weighted by molar-refractivity contribution is -0.156. The number of aliphatic carboxylic acids is 3. The van der Waals surface area contributed by atoms with Crippen LogP contribution < -0.4 is 18.5 Å². The van der Waals surface area contributed by atoms with Gasteiger partial charge in [0.05, 0.1) is 0 Å². The molecule has 10 heteroatoms.